The standard InChI is InChI=1S/C21H21ClN4O8/c1-9-5-6-14(31-9)16-13-7-23-26(19(13)25-21(22)24-16)20-18(33-12(4)29)17(32-11(3)28)15(34-20)8-30-10(2)27/h5-7,15,17-18,20H,8H2,1-4H3/t15-,17-,18-,20-/m1/s1. The van der Waals surface area contributed by atoms with Gasteiger partial charge < -0.3 is 23.4 Å². The Morgan fingerprint density at radius 2 is 1.76 bits per heavy atom. The van der Waals surface area contributed by atoms with Crippen LogP contribution in [0.25, 0.3) is 22.5 Å². The molecule has 4 heterocycles. The van der Waals surface area contributed by atoms with Crippen LogP contribution in [0.3, 0.4) is 0 Å². The molecule has 13 heteroatoms. The summed E-state index contributed by atoms with van der Waals surface area (Å²) in [7, 11) is 0. The van der Waals surface area contributed by atoms with Crippen LogP contribution in [0.2, 0.25) is 5.28 Å². The quantitative estimate of drug-likeness (QED) is 0.284. The second-order valence-electron chi connectivity index (χ2n) is 7.59. The van der Waals surface area contributed by atoms with Crippen LogP contribution in [-0.4, -0.2) is 62.6 Å². The molecule has 0 saturated carbocycles. The molecule has 1 saturated heterocycles. The van der Waals surface area contributed by atoms with E-state index in [0.29, 0.717) is 22.6 Å². The molecule has 0 N–H and O–H groups in total. The van der Waals surface area contributed by atoms with Gasteiger partial charge in [0, 0.05) is 20.8 Å². The van der Waals surface area contributed by atoms with E-state index in [2.05, 4.69) is 15.1 Å². The Bertz CT molecular complexity index is 1250. The summed E-state index contributed by atoms with van der Waals surface area (Å²) in [6.45, 7) is 5.19. The number of hydrogen-bond donors (Lipinski definition) is 0. The molecule has 0 amide bonds. The van der Waals surface area contributed by atoms with Crippen LogP contribution in [0.5, 0.6) is 0 Å². The maximum atomic E-state index is 11.9. The lowest BCUT2D eigenvalue weighted by atomic mass is 10.1. The van der Waals surface area contributed by atoms with Crippen molar-refractivity contribution in [1.82, 2.24) is 19.7 Å². The van der Waals surface area contributed by atoms with Crippen molar-refractivity contribution >= 4 is 40.5 Å². The van der Waals surface area contributed by atoms with Crippen LogP contribution in [0, 0.1) is 6.92 Å². The molecule has 12 nitrogen and oxygen atoms in total. The number of aryl methyl sites for hydroxylation is 1. The third-order valence-electron chi connectivity index (χ3n) is 4.98. The Hall–Kier alpha value is -3.51. The maximum absolute atomic E-state index is 11.9. The molecule has 0 aliphatic carbocycles. The third kappa shape index (κ3) is 4.73. The molecule has 3 aromatic rings. The van der Waals surface area contributed by atoms with Gasteiger partial charge in [0.05, 0.1) is 11.6 Å². The van der Waals surface area contributed by atoms with Crippen LogP contribution < -0.4 is 0 Å². The first kappa shape index (κ1) is 23.6. The van der Waals surface area contributed by atoms with Crippen molar-refractivity contribution in [3.63, 3.8) is 0 Å². The minimum atomic E-state index is -1.12. The van der Waals surface area contributed by atoms with E-state index in [4.69, 9.17) is 35.0 Å². The predicted octanol–water partition coefficient (Wildman–Crippen LogP) is 2.37. The highest BCUT2D eigenvalue weighted by Gasteiger charge is 2.51. The van der Waals surface area contributed by atoms with Crippen molar-refractivity contribution < 1.29 is 37.7 Å². The summed E-state index contributed by atoms with van der Waals surface area (Å²) in [6, 6.07) is 3.52. The molecule has 180 valence electrons. The number of rotatable bonds is 6. The van der Waals surface area contributed by atoms with Crippen molar-refractivity contribution in [3.8, 4) is 11.5 Å². The van der Waals surface area contributed by atoms with Crippen LogP contribution in [0.1, 0.15) is 32.8 Å². The van der Waals surface area contributed by atoms with Crippen LogP contribution >= 0.6 is 11.6 Å². The topological polar surface area (TPSA) is 145 Å². The summed E-state index contributed by atoms with van der Waals surface area (Å²) in [6.07, 6.45) is -2.72. The summed E-state index contributed by atoms with van der Waals surface area (Å²) in [5.41, 5.74) is 0.672. The van der Waals surface area contributed by atoms with Crippen molar-refractivity contribution in [2.45, 2.75) is 52.2 Å². The first-order valence-electron chi connectivity index (χ1n) is 10.2. The van der Waals surface area contributed by atoms with Gasteiger partial charge in [-0.1, -0.05) is 0 Å². The van der Waals surface area contributed by atoms with Gasteiger partial charge in [0.15, 0.2) is 29.8 Å². The van der Waals surface area contributed by atoms with E-state index in [1.807, 2.05) is 0 Å². The molecular formula is C21H21ClN4O8. The average Bonchev–Trinajstić information content (AvgIpc) is 3.43. The van der Waals surface area contributed by atoms with Crippen molar-refractivity contribution in [2.75, 3.05) is 6.61 Å². The highest BCUT2D eigenvalue weighted by Crippen LogP contribution is 2.37. The normalized spacial score (nSPS) is 22.0. The van der Waals surface area contributed by atoms with Gasteiger partial charge in [0.25, 0.3) is 0 Å². The average molecular weight is 493 g/mol. The van der Waals surface area contributed by atoms with E-state index in [9.17, 15) is 14.4 Å². The number of carbonyl (C=O) groups excluding carboxylic acids is 3. The van der Waals surface area contributed by atoms with Crippen LogP contribution in [-0.2, 0) is 33.3 Å². The fraction of sp³-hybridized carbons (Fsp3) is 0.429. The highest BCUT2D eigenvalue weighted by atomic mass is 35.5. The number of ether oxygens (including phenoxy) is 4. The molecule has 1 fully saturated rings. The van der Waals surface area contributed by atoms with Crippen LogP contribution in [0.15, 0.2) is 22.7 Å². The van der Waals surface area contributed by atoms with Crippen molar-refractivity contribution in [2.24, 2.45) is 0 Å². The van der Waals surface area contributed by atoms with Gasteiger partial charge in [0.1, 0.15) is 24.2 Å². The van der Waals surface area contributed by atoms with E-state index >= 15 is 0 Å². The molecule has 4 atom stereocenters. The summed E-state index contributed by atoms with van der Waals surface area (Å²) in [4.78, 5) is 43.5. The minimum Gasteiger partial charge on any atom is -0.463 e. The third-order valence-corrected chi connectivity index (χ3v) is 5.15. The Kier molecular flexibility index (Phi) is 6.53. The second-order valence-corrected chi connectivity index (χ2v) is 7.93. The molecule has 34 heavy (non-hydrogen) atoms. The van der Waals surface area contributed by atoms with E-state index in [0.717, 1.165) is 0 Å². The fourth-order valence-corrected chi connectivity index (χ4v) is 3.89. The van der Waals surface area contributed by atoms with Crippen molar-refractivity contribution in [1.29, 1.82) is 0 Å². The molecule has 1 aliphatic heterocycles. The summed E-state index contributed by atoms with van der Waals surface area (Å²) < 4.78 is 28.9. The van der Waals surface area contributed by atoms with Gasteiger partial charge in [-0.25, -0.2) is 9.67 Å². The molecule has 0 bridgehead atoms. The number of halogens is 1. The van der Waals surface area contributed by atoms with E-state index in [1.54, 1.807) is 19.1 Å². The molecule has 0 spiro atoms. The molecular weight excluding hydrogens is 472 g/mol. The molecule has 0 unspecified atom stereocenters. The summed E-state index contributed by atoms with van der Waals surface area (Å²) >= 11 is 6.19. The highest BCUT2D eigenvalue weighted by molar-refractivity contribution is 6.28. The fourth-order valence-electron chi connectivity index (χ4n) is 3.72. The van der Waals surface area contributed by atoms with Gasteiger partial charge in [0.2, 0.25) is 5.28 Å². The Morgan fingerprint density at radius 3 is 2.38 bits per heavy atom. The lowest BCUT2D eigenvalue weighted by Crippen LogP contribution is -2.40. The summed E-state index contributed by atoms with van der Waals surface area (Å²) in [5.74, 6) is -0.692. The lowest BCUT2D eigenvalue weighted by molar-refractivity contribution is -0.166. The number of hydrogen-bond acceptors (Lipinski definition) is 11. The van der Waals surface area contributed by atoms with Gasteiger partial charge in [-0.3, -0.25) is 14.4 Å². The number of fused-ring (bicyclic) bond motifs is 1. The first-order chi connectivity index (χ1) is 16.1. The van der Waals surface area contributed by atoms with Crippen LogP contribution in [0.4, 0.5) is 0 Å². The zero-order valence-corrected chi connectivity index (χ0v) is 19.4. The lowest BCUT2D eigenvalue weighted by Gasteiger charge is -2.23. The Balaban J connectivity index is 1.79. The van der Waals surface area contributed by atoms with Gasteiger partial charge >= 0.3 is 17.9 Å². The van der Waals surface area contributed by atoms with Gasteiger partial charge in [-0.05, 0) is 30.7 Å². The number of furan rings is 1. The maximum Gasteiger partial charge on any atom is 0.303 e. The van der Waals surface area contributed by atoms with E-state index < -0.39 is 42.4 Å². The zero-order chi connectivity index (χ0) is 24.6. The Morgan fingerprint density at radius 1 is 1.06 bits per heavy atom. The van der Waals surface area contributed by atoms with Gasteiger partial charge in [-0.2, -0.15) is 10.1 Å². The molecule has 3 aromatic heterocycles. The smallest absolute Gasteiger partial charge is 0.303 e. The zero-order valence-electron chi connectivity index (χ0n) is 18.7. The SMILES string of the molecule is CC(=O)OC[C@H]1O[C@@H](n2ncc3c(-c4ccc(C)o4)nc(Cl)nc32)[C@H](OC(C)=O)[C@@H]1OC(C)=O. The summed E-state index contributed by atoms with van der Waals surface area (Å²) in [5, 5.41) is 4.78. The largest absolute Gasteiger partial charge is 0.463 e. The minimum absolute atomic E-state index is 0.0756. The van der Waals surface area contributed by atoms with Crippen molar-refractivity contribution in [3.05, 3.63) is 29.4 Å². The first-order valence-corrected chi connectivity index (χ1v) is 10.6. The number of esters is 3. The predicted molar refractivity (Wildman–Crippen MR) is 114 cm³/mol. The van der Waals surface area contributed by atoms with E-state index in [-0.39, 0.29) is 17.5 Å². The van der Waals surface area contributed by atoms with Gasteiger partial charge in [-0.15, -0.1) is 0 Å². The number of nitrogens with zero attached hydrogens (tertiary/aromatic N) is 4. The Labute approximate surface area is 198 Å². The number of carbonyl (C=O) groups is 3. The van der Waals surface area contributed by atoms with E-state index in [1.165, 1.54) is 31.6 Å². The molecule has 0 radical (unpaired) electrons. The monoisotopic (exact) mass is 492 g/mol. The molecule has 0 aromatic carbocycles. The molecule has 4 rings (SSSR count). The second kappa shape index (κ2) is 9.39. The number of aromatic nitrogens is 4. The molecule has 1 aliphatic rings.